The summed E-state index contributed by atoms with van der Waals surface area (Å²) in [7, 11) is 0. The molecule has 0 aromatic heterocycles. The van der Waals surface area contributed by atoms with Gasteiger partial charge in [-0.25, -0.2) is 4.39 Å². The minimum atomic E-state index is -6.15. The lowest BCUT2D eigenvalue weighted by Crippen LogP contribution is -2.51. The molecule has 0 aromatic rings. The van der Waals surface area contributed by atoms with E-state index in [2.05, 4.69) is 9.47 Å². The molecule has 0 bridgehead atoms. The van der Waals surface area contributed by atoms with E-state index in [0.717, 1.165) is 0 Å². The fourth-order valence-corrected chi connectivity index (χ4v) is 0.674. The van der Waals surface area contributed by atoms with E-state index in [0.29, 0.717) is 0 Å². The van der Waals surface area contributed by atoms with Gasteiger partial charge in [0.25, 0.3) is 0 Å². The van der Waals surface area contributed by atoms with E-state index in [1.807, 2.05) is 0 Å². The van der Waals surface area contributed by atoms with Gasteiger partial charge in [-0.3, -0.25) is 0 Å². The summed E-state index contributed by atoms with van der Waals surface area (Å²) in [6, 6.07) is -3.45. The lowest BCUT2D eigenvalue weighted by molar-refractivity contribution is -0.396. The van der Waals surface area contributed by atoms with Crippen LogP contribution in [0.5, 0.6) is 0 Å². The lowest BCUT2D eigenvalue weighted by atomic mass is 10.3. The van der Waals surface area contributed by atoms with Crippen LogP contribution in [0.15, 0.2) is 12.1 Å². The number of ether oxygens (including phenoxy) is 2. The first kappa shape index (κ1) is 20.7. The van der Waals surface area contributed by atoms with Gasteiger partial charge in [0.2, 0.25) is 0 Å². The summed E-state index contributed by atoms with van der Waals surface area (Å²) in [5.41, 5.74) is 0. The Morgan fingerprint density at radius 1 is 0.727 bits per heavy atom. The maximum absolute atomic E-state index is 12.7. The molecule has 0 amide bonds. The number of halogens is 12. The second kappa shape index (κ2) is 6.42. The van der Waals surface area contributed by atoms with E-state index in [1.54, 1.807) is 0 Å². The van der Waals surface area contributed by atoms with Gasteiger partial charge in [-0.05, 0) is 0 Å². The van der Waals surface area contributed by atoms with Crippen LogP contribution in [0.3, 0.4) is 0 Å². The first-order valence-electron chi connectivity index (χ1n) is 4.70. The zero-order valence-electron chi connectivity index (χ0n) is 9.77. The van der Waals surface area contributed by atoms with E-state index in [1.165, 1.54) is 0 Å². The van der Waals surface area contributed by atoms with E-state index >= 15 is 0 Å². The molecule has 14 heteroatoms. The van der Waals surface area contributed by atoms with Crippen LogP contribution in [-0.4, -0.2) is 37.3 Å². The molecule has 0 rings (SSSR count). The molecule has 0 unspecified atom stereocenters. The minimum absolute atomic E-state index is 2.23. The largest absolute Gasteiger partial charge is 0.468 e. The second-order valence-electron chi connectivity index (χ2n) is 3.50. The van der Waals surface area contributed by atoms with E-state index < -0.39 is 49.4 Å². The summed E-state index contributed by atoms with van der Waals surface area (Å²) < 4.78 is 151. The molecule has 0 heterocycles. The first-order valence-corrected chi connectivity index (χ1v) is 4.70. The van der Waals surface area contributed by atoms with Crippen molar-refractivity contribution in [2.45, 2.75) is 24.1 Å². The number of rotatable bonds is 8. The molecule has 132 valence electrons. The van der Waals surface area contributed by atoms with Crippen LogP contribution >= 0.6 is 0 Å². The minimum Gasteiger partial charge on any atom is -0.398 e. The fraction of sp³-hybridized carbons (Fsp3) is 0.750. The summed E-state index contributed by atoms with van der Waals surface area (Å²) >= 11 is 0. The van der Waals surface area contributed by atoms with Crippen LogP contribution in [-0.2, 0) is 9.47 Å². The van der Waals surface area contributed by atoms with Crippen LogP contribution in [0, 0.1) is 0 Å². The topological polar surface area (TPSA) is 18.5 Å². The zero-order valence-corrected chi connectivity index (χ0v) is 9.77. The van der Waals surface area contributed by atoms with Crippen molar-refractivity contribution in [1.29, 1.82) is 0 Å². The van der Waals surface area contributed by atoms with E-state index in [-0.39, 0.29) is 0 Å². The highest BCUT2D eigenvalue weighted by atomic mass is 19.3. The first-order chi connectivity index (χ1) is 9.59. The molecule has 0 atom stereocenters. The van der Waals surface area contributed by atoms with Gasteiger partial charge < -0.3 is 9.47 Å². The van der Waals surface area contributed by atoms with Crippen LogP contribution in [0.4, 0.5) is 52.7 Å². The van der Waals surface area contributed by atoms with Crippen molar-refractivity contribution < 1.29 is 62.2 Å². The number of alkyl halides is 9. The van der Waals surface area contributed by atoms with Crippen LogP contribution in [0.1, 0.15) is 0 Å². The zero-order chi connectivity index (χ0) is 18.0. The Balaban J connectivity index is 5.08. The normalized spacial score (nSPS) is 14.0. The third-order valence-electron chi connectivity index (χ3n) is 1.82. The van der Waals surface area contributed by atoms with Gasteiger partial charge >= 0.3 is 36.2 Å². The molecule has 0 saturated heterocycles. The molecule has 0 aliphatic heterocycles. The maximum Gasteiger partial charge on any atom is 0.468 e. The molecule has 0 N–H and O–H groups in total. The average molecular weight is 360 g/mol. The third kappa shape index (κ3) is 4.58. The third-order valence-corrected chi connectivity index (χ3v) is 1.82. The average Bonchev–Trinajstić information content (AvgIpc) is 2.35. The monoisotopic (exact) mass is 360 g/mol. The SMILES string of the molecule is FCC(F)(F)C(F)(F)OCC(F)(F)C(F)(F)OC(F)=C(F)F. The molecule has 0 fully saturated rings. The highest BCUT2D eigenvalue weighted by molar-refractivity contribution is 4.87. The van der Waals surface area contributed by atoms with Crippen LogP contribution in [0.2, 0.25) is 0 Å². The Bertz CT molecular complexity index is 413. The van der Waals surface area contributed by atoms with Gasteiger partial charge in [-0.2, -0.15) is 48.3 Å². The van der Waals surface area contributed by atoms with Gasteiger partial charge in [0.1, 0.15) is 6.61 Å². The molecule has 0 radical (unpaired) electrons. The predicted molar refractivity (Wildman–Crippen MR) is 43.2 cm³/mol. The molecule has 2 nitrogen and oxygen atoms in total. The quantitative estimate of drug-likeness (QED) is 0.470. The van der Waals surface area contributed by atoms with Crippen molar-refractivity contribution >= 4 is 0 Å². The van der Waals surface area contributed by atoms with Crippen molar-refractivity contribution in [2.75, 3.05) is 13.3 Å². The molecule has 0 aliphatic carbocycles. The number of hydrogen-bond donors (Lipinski definition) is 0. The Morgan fingerprint density at radius 3 is 1.55 bits per heavy atom. The highest BCUT2D eigenvalue weighted by Gasteiger charge is 2.65. The fourth-order valence-electron chi connectivity index (χ4n) is 0.674. The molecule has 0 spiro atoms. The summed E-state index contributed by atoms with van der Waals surface area (Å²) in [6.07, 6.45) is -15.7. The molecular weight excluding hydrogens is 356 g/mol. The van der Waals surface area contributed by atoms with E-state index in [4.69, 9.17) is 0 Å². The lowest BCUT2D eigenvalue weighted by Gasteiger charge is -2.29. The number of hydrogen-bond acceptors (Lipinski definition) is 2. The standard InChI is InChI=1S/C8H4F12O2/c9-1-5(13,14)7(17,18)21-2-6(15,16)8(19,20)22-4(12)3(10)11/h1-2H2. The summed E-state index contributed by atoms with van der Waals surface area (Å²) in [6.45, 7) is -6.30. The van der Waals surface area contributed by atoms with Gasteiger partial charge in [0, 0.05) is 0 Å². The van der Waals surface area contributed by atoms with Crippen molar-refractivity contribution in [2.24, 2.45) is 0 Å². The molecule has 22 heavy (non-hydrogen) atoms. The van der Waals surface area contributed by atoms with E-state index in [9.17, 15) is 52.7 Å². The summed E-state index contributed by atoms with van der Waals surface area (Å²) in [5.74, 6) is -11.6. The maximum atomic E-state index is 12.7. The Hall–Kier alpha value is -1.34. The predicted octanol–water partition coefficient (Wildman–Crippen LogP) is 4.48. The second-order valence-corrected chi connectivity index (χ2v) is 3.50. The van der Waals surface area contributed by atoms with Crippen LogP contribution < -0.4 is 0 Å². The molecule has 0 aromatic carbocycles. The van der Waals surface area contributed by atoms with Crippen molar-refractivity contribution in [3.8, 4) is 0 Å². The Morgan fingerprint density at radius 2 is 1.18 bits per heavy atom. The Labute approximate surface area is 113 Å². The van der Waals surface area contributed by atoms with Crippen LogP contribution in [0.25, 0.3) is 0 Å². The highest BCUT2D eigenvalue weighted by Crippen LogP contribution is 2.41. The summed E-state index contributed by atoms with van der Waals surface area (Å²) in [4.78, 5) is 0. The summed E-state index contributed by atoms with van der Waals surface area (Å²) in [5, 5.41) is 0. The van der Waals surface area contributed by atoms with Gasteiger partial charge in [0.05, 0.1) is 0 Å². The van der Waals surface area contributed by atoms with Gasteiger partial charge in [0.15, 0.2) is 6.67 Å². The van der Waals surface area contributed by atoms with Crippen molar-refractivity contribution in [3.05, 3.63) is 12.1 Å². The van der Waals surface area contributed by atoms with Gasteiger partial charge in [-0.15, -0.1) is 0 Å². The van der Waals surface area contributed by atoms with Crippen molar-refractivity contribution in [3.63, 3.8) is 0 Å². The van der Waals surface area contributed by atoms with Crippen molar-refractivity contribution in [1.82, 2.24) is 0 Å². The smallest absolute Gasteiger partial charge is 0.398 e. The van der Waals surface area contributed by atoms with Gasteiger partial charge in [-0.1, -0.05) is 0 Å². The Kier molecular flexibility index (Phi) is 6.03. The molecule has 0 aliphatic rings. The molecule has 0 saturated carbocycles. The molecular formula is C8H4F12O2.